The van der Waals surface area contributed by atoms with Crippen molar-refractivity contribution in [1.29, 1.82) is 0 Å². The summed E-state index contributed by atoms with van der Waals surface area (Å²) in [5, 5.41) is 1.81. The van der Waals surface area contributed by atoms with Crippen molar-refractivity contribution in [3.63, 3.8) is 0 Å². The molecule has 8 rings (SSSR count). The Bertz CT molecular complexity index is 2380. The van der Waals surface area contributed by atoms with Gasteiger partial charge in [-0.15, -0.1) is 0 Å². The summed E-state index contributed by atoms with van der Waals surface area (Å²) in [5.41, 5.74) is 8.52. The molecule has 0 radical (unpaired) electrons. The number of nitrogens with zero attached hydrogens (tertiary/aromatic N) is 3. The molecule has 2 aliphatic rings. The summed E-state index contributed by atoms with van der Waals surface area (Å²) in [5.74, 6) is 1.28. The number of fused-ring (bicyclic) bond motifs is 4. The molecule has 0 bridgehead atoms. The highest BCUT2D eigenvalue weighted by atomic mass is 35.5. The number of allylic oxidation sites excluding steroid dienone is 1. The molecule has 0 unspecified atom stereocenters. The van der Waals surface area contributed by atoms with Crippen LogP contribution in [0, 0.1) is 0 Å². The summed E-state index contributed by atoms with van der Waals surface area (Å²) < 4.78 is 15.9. The van der Waals surface area contributed by atoms with Crippen LogP contribution in [-0.4, -0.2) is 23.4 Å². The van der Waals surface area contributed by atoms with E-state index in [0.717, 1.165) is 62.3 Å². The predicted molar refractivity (Wildman–Crippen MR) is 185 cm³/mol. The summed E-state index contributed by atoms with van der Waals surface area (Å²) in [6, 6.07) is 30.2. The zero-order valence-electron chi connectivity index (χ0n) is 25.4. The number of hydrogen-bond donors (Lipinski definition) is 0. The number of aromatic nitrogens is 2. The lowest BCUT2D eigenvalue weighted by molar-refractivity contribution is 0.354. The SMILES string of the molecule is COc1ccc([C@@H]2C3=C(N=c4s/c(=C\c5cn(Cc6ccccc6Cl)c6ccccc56)c(=O)n42)c2ccccc2CC3)cc1OC. The zero-order chi connectivity index (χ0) is 31.4. The molecule has 2 aromatic heterocycles. The van der Waals surface area contributed by atoms with Gasteiger partial charge in [0.25, 0.3) is 5.56 Å². The fraction of sp³-hybridized carbons (Fsp3) is 0.158. The number of para-hydroxylation sites is 1. The van der Waals surface area contributed by atoms with Crippen LogP contribution < -0.4 is 24.4 Å². The van der Waals surface area contributed by atoms with E-state index >= 15 is 0 Å². The van der Waals surface area contributed by atoms with Crippen LogP contribution in [0.1, 0.15) is 40.3 Å². The van der Waals surface area contributed by atoms with Crippen LogP contribution in [0.25, 0.3) is 22.7 Å². The highest BCUT2D eigenvalue weighted by Gasteiger charge is 2.33. The van der Waals surface area contributed by atoms with Gasteiger partial charge in [0.1, 0.15) is 0 Å². The first kappa shape index (κ1) is 28.6. The summed E-state index contributed by atoms with van der Waals surface area (Å²) in [4.78, 5) is 20.3. The third-order valence-corrected chi connectivity index (χ3v) is 10.4. The lowest BCUT2D eigenvalue weighted by Crippen LogP contribution is -2.38. The molecule has 228 valence electrons. The second-order valence-electron chi connectivity index (χ2n) is 11.5. The molecule has 6 nitrogen and oxygen atoms in total. The summed E-state index contributed by atoms with van der Waals surface area (Å²) in [6.45, 7) is 0.626. The quantitative estimate of drug-likeness (QED) is 0.197. The topological polar surface area (TPSA) is 57.8 Å². The number of aryl methyl sites for hydroxylation is 1. The normalized spacial score (nSPS) is 15.7. The van der Waals surface area contributed by atoms with Gasteiger partial charge in [-0.25, -0.2) is 4.99 Å². The molecule has 46 heavy (non-hydrogen) atoms. The Balaban J connectivity index is 1.33. The van der Waals surface area contributed by atoms with Crippen LogP contribution in [0.4, 0.5) is 0 Å². The van der Waals surface area contributed by atoms with Crippen molar-refractivity contribution in [2.75, 3.05) is 14.2 Å². The number of rotatable bonds is 6. The van der Waals surface area contributed by atoms with Crippen LogP contribution in [0.2, 0.25) is 5.02 Å². The van der Waals surface area contributed by atoms with E-state index in [2.05, 4.69) is 47.2 Å². The fourth-order valence-corrected chi connectivity index (χ4v) is 8.00. The Kier molecular flexibility index (Phi) is 7.15. The molecule has 0 N–H and O–H groups in total. The molecule has 1 atom stereocenters. The van der Waals surface area contributed by atoms with Crippen molar-refractivity contribution in [2.24, 2.45) is 4.99 Å². The summed E-state index contributed by atoms with van der Waals surface area (Å²) in [7, 11) is 3.27. The van der Waals surface area contributed by atoms with Gasteiger partial charge >= 0.3 is 0 Å². The molecule has 4 aromatic carbocycles. The van der Waals surface area contributed by atoms with E-state index in [1.807, 2.05) is 65.2 Å². The van der Waals surface area contributed by atoms with Gasteiger partial charge in [-0.05, 0) is 65.4 Å². The lowest BCUT2D eigenvalue weighted by Gasteiger charge is -2.31. The minimum absolute atomic E-state index is 0.0584. The zero-order valence-corrected chi connectivity index (χ0v) is 26.9. The minimum atomic E-state index is -0.317. The van der Waals surface area contributed by atoms with E-state index < -0.39 is 0 Å². The fourth-order valence-electron chi connectivity index (χ4n) is 6.82. The van der Waals surface area contributed by atoms with Crippen LogP contribution in [0.5, 0.6) is 11.5 Å². The Morgan fingerprint density at radius 2 is 1.72 bits per heavy atom. The van der Waals surface area contributed by atoms with Crippen molar-refractivity contribution < 1.29 is 9.47 Å². The Labute approximate surface area is 274 Å². The van der Waals surface area contributed by atoms with E-state index in [0.29, 0.717) is 27.4 Å². The molecule has 1 aliphatic heterocycles. The molecule has 0 saturated heterocycles. The third-order valence-electron chi connectivity index (χ3n) is 9.00. The molecule has 0 amide bonds. The van der Waals surface area contributed by atoms with E-state index in [9.17, 15) is 4.79 Å². The summed E-state index contributed by atoms with van der Waals surface area (Å²) >= 11 is 7.97. The largest absolute Gasteiger partial charge is 0.493 e. The maximum absolute atomic E-state index is 14.5. The molecule has 0 saturated carbocycles. The number of ether oxygens (including phenoxy) is 2. The van der Waals surface area contributed by atoms with E-state index in [1.165, 1.54) is 16.9 Å². The van der Waals surface area contributed by atoms with Gasteiger partial charge in [0.15, 0.2) is 16.3 Å². The number of hydrogen-bond acceptors (Lipinski definition) is 5. The predicted octanol–water partition coefficient (Wildman–Crippen LogP) is 6.99. The van der Waals surface area contributed by atoms with Gasteiger partial charge in [0.05, 0.1) is 30.5 Å². The van der Waals surface area contributed by atoms with Crippen LogP contribution in [0.3, 0.4) is 0 Å². The van der Waals surface area contributed by atoms with Crippen molar-refractivity contribution >= 4 is 45.6 Å². The molecular formula is C38H30ClN3O3S. The van der Waals surface area contributed by atoms with Crippen molar-refractivity contribution in [3.05, 3.63) is 155 Å². The number of halogens is 1. The van der Waals surface area contributed by atoms with Gasteiger partial charge in [0, 0.05) is 39.8 Å². The molecule has 3 heterocycles. The number of methoxy groups -OCH3 is 2. The average molecular weight is 644 g/mol. The molecule has 6 aromatic rings. The van der Waals surface area contributed by atoms with Gasteiger partial charge in [0.2, 0.25) is 0 Å². The van der Waals surface area contributed by atoms with Gasteiger partial charge in [-0.2, -0.15) is 0 Å². The number of thiazole rings is 1. The standard InChI is InChI=1S/C38H30ClN3O3S/c1-44-32-18-16-24(19-33(32)45-2)36-29-17-15-23-9-3-5-12-28(23)35(29)40-38-42(36)37(43)34(46-38)20-26-22-41(31-14-8-6-11-27(26)31)21-25-10-4-7-13-30(25)39/h3-14,16,18-20,22,36H,15,17,21H2,1-2H3/b34-20-/t36-/m1/s1. The highest BCUT2D eigenvalue weighted by Crippen LogP contribution is 2.42. The summed E-state index contributed by atoms with van der Waals surface area (Å²) in [6.07, 6.45) is 5.83. The molecule has 0 fully saturated rings. The van der Waals surface area contributed by atoms with E-state index in [-0.39, 0.29) is 11.6 Å². The van der Waals surface area contributed by atoms with Crippen LogP contribution >= 0.6 is 22.9 Å². The molecule has 0 spiro atoms. The average Bonchev–Trinajstić information content (AvgIpc) is 3.60. The smallest absolute Gasteiger partial charge is 0.271 e. The lowest BCUT2D eigenvalue weighted by atomic mass is 9.83. The van der Waals surface area contributed by atoms with Crippen LogP contribution in [0.15, 0.2) is 113 Å². The monoisotopic (exact) mass is 643 g/mol. The minimum Gasteiger partial charge on any atom is -0.493 e. The maximum Gasteiger partial charge on any atom is 0.271 e. The molecule has 1 aliphatic carbocycles. The first-order valence-corrected chi connectivity index (χ1v) is 16.4. The Morgan fingerprint density at radius 1 is 0.935 bits per heavy atom. The van der Waals surface area contributed by atoms with Crippen molar-refractivity contribution in [1.82, 2.24) is 9.13 Å². The van der Waals surface area contributed by atoms with Crippen molar-refractivity contribution in [2.45, 2.75) is 25.4 Å². The van der Waals surface area contributed by atoms with Crippen LogP contribution in [-0.2, 0) is 13.0 Å². The van der Waals surface area contributed by atoms with E-state index in [1.54, 1.807) is 14.2 Å². The van der Waals surface area contributed by atoms with Gasteiger partial charge < -0.3 is 14.0 Å². The highest BCUT2D eigenvalue weighted by molar-refractivity contribution is 7.07. The Hall–Kier alpha value is -4.85. The third kappa shape index (κ3) is 4.70. The first-order chi connectivity index (χ1) is 22.5. The number of benzene rings is 4. The maximum atomic E-state index is 14.5. The Morgan fingerprint density at radius 3 is 2.57 bits per heavy atom. The van der Waals surface area contributed by atoms with Gasteiger partial charge in [-0.3, -0.25) is 9.36 Å². The second-order valence-corrected chi connectivity index (χ2v) is 13.0. The van der Waals surface area contributed by atoms with Gasteiger partial charge in [-0.1, -0.05) is 89.7 Å². The molecular weight excluding hydrogens is 614 g/mol. The van der Waals surface area contributed by atoms with Crippen molar-refractivity contribution in [3.8, 4) is 11.5 Å². The molecule has 8 heteroatoms. The second kappa shape index (κ2) is 11.5. The van der Waals surface area contributed by atoms with E-state index in [4.69, 9.17) is 26.1 Å². The first-order valence-electron chi connectivity index (χ1n) is 15.2.